The van der Waals surface area contributed by atoms with Gasteiger partial charge >= 0.3 is 0 Å². The number of hydrogen-bond acceptors (Lipinski definition) is 4. The van der Waals surface area contributed by atoms with Crippen LogP contribution >= 0.6 is 27.5 Å². The summed E-state index contributed by atoms with van der Waals surface area (Å²) in [5.74, 6) is 0.697. The van der Waals surface area contributed by atoms with Crippen LogP contribution in [0.1, 0.15) is 28.1 Å². The summed E-state index contributed by atoms with van der Waals surface area (Å²) >= 11 is 4.63. The fraction of sp³-hybridized carbons (Fsp3) is 0.286. The van der Waals surface area contributed by atoms with Gasteiger partial charge in [0.25, 0.3) is 5.91 Å². The van der Waals surface area contributed by atoms with Crippen LogP contribution < -0.4 is 0 Å². The molecule has 27 heavy (non-hydrogen) atoms. The van der Waals surface area contributed by atoms with Crippen LogP contribution in [0.25, 0.3) is 11.3 Å². The van der Waals surface area contributed by atoms with E-state index < -0.39 is 0 Å². The largest absolute Gasteiger partial charge is 0.338 e. The zero-order chi connectivity index (χ0) is 18.6. The molecule has 1 aliphatic heterocycles. The fourth-order valence-corrected chi connectivity index (χ4v) is 4.48. The van der Waals surface area contributed by atoms with Crippen molar-refractivity contribution >= 4 is 33.4 Å². The molecule has 0 radical (unpaired) electrons. The molecule has 0 unspecified atom stereocenters. The second kappa shape index (κ2) is 8.31. The van der Waals surface area contributed by atoms with Crippen LogP contribution in [-0.4, -0.2) is 33.5 Å². The van der Waals surface area contributed by atoms with Gasteiger partial charge in [-0.1, -0.05) is 62.9 Å². The molecule has 2 aromatic carbocycles. The monoisotopic (exact) mass is 441 g/mol. The van der Waals surface area contributed by atoms with Gasteiger partial charge in [0.05, 0.1) is 0 Å². The first kappa shape index (κ1) is 18.3. The molecule has 0 atom stereocenters. The van der Waals surface area contributed by atoms with E-state index in [1.54, 1.807) is 0 Å². The van der Waals surface area contributed by atoms with E-state index in [4.69, 9.17) is 0 Å². The minimum atomic E-state index is 0.0566. The first-order chi connectivity index (χ1) is 13.2. The normalized spacial score (nSPS) is 15.1. The maximum atomic E-state index is 13.0. The van der Waals surface area contributed by atoms with Crippen LogP contribution in [0.5, 0.6) is 0 Å². The zero-order valence-electron chi connectivity index (χ0n) is 14.8. The van der Waals surface area contributed by atoms with Gasteiger partial charge in [0.15, 0.2) is 0 Å². The summed E-state index contributed by atoms with van der Waals surface area (Å²) in [5.41, 5.74) is 2.99. The first-order valence-corrected chi connectivity index (χ1v) is 10.7. The SMILES string of the molecule is O=C(c1snnc1-c1ccc(Br)cc1)N1CCC(Cc2ccccc2)CC1. The molecule has 0 saturated carbocycles. The van der Waals surface area contributed by atoms with Gasteiger partial charge in [-0.25, -0.2) is 0 Å². The number of piperidine rings is 1. The summed E-state index contributed by atoms with van der Waals surface area (Å²) in [4.78, 5) is 15.6. The van der Waals surface area contributed by atoms with E-state index in [1.807, 2.05) is 29.2 Å². The molecular formula is C21H20BrN3OS. The van der Waals surface area contributed by atoms with Crippen LogP contribution in [0.3, 0.4) is 0 Å². The Morgan fingerprint density at radius 3 is 2.48 bits per heavy atom. The first-order valence-electron chi connectivity index (χ1n) is 9.12. The van der Waals surface area contributed by atoms with Crippen LogP contribution in [0, 0.1) is 5.92 Å². The Hall–Kier alpha value is -2.05. The Morgan fingerprint density at radius 2 is 1.78 bits per heavy atom. The number of carbonyl (C=O) groups excluding carboxylic acids is 1. The Balaban J connectivity index is 1.42. The number of halogens is 1. The lowest BCUT2D eigenvalue weighted by Crippen LogP contribution is -2.38. The van der Waals surface area contributed by atoms with Crippen molar-refractivity contribution in [3.8, 4) is 11.3 Å². The highest BCUT2D eigenvalue weighted by Gasteiger charge is 2.27. The summed E-state index contributed by atoms with van der Waals surface area (Å²) in [6, 6.07) is 18.4. The Kier molecular flexibility index (Phi) is 5.64. The summed E-state index contributed by atoms with van der Waals surface area (Å²) < 4.78 is 5.04. The molecule has 0 spiro atoms. The second-order valence-corrected chi connectivity index (χ2v) is 8.55. The van der Waals surface area contributed by atoms with E-state index in [-0.39, 0.29) is 5.91 Å². The summed E-state index contributed by atoms with van der Waals surface area (Å²) in [5, 5.41) is 4.21. The topological polar surface area (TPSA) is 46.1 Å². The number of amides is 1. The van der Waals surface area contributed by atoms with Crippen LogP contribution in [0.2, 0.25) is 0 Å². The lowest BCUT2D eigenvalue weighted by atomic mass is 9.90. The summed E-state index contributed by atoms with van der Waals surface area (Å²) in [7, 11) is 0. The highest BCUT2D eigenvalue weighted by Crippen LogP contribution is 2.29. The molecule has 1 saturated heterocycles. The van der Waals surface area contributed by atoms with Gasteiger partial charge in [-0.2, -0.15) is 0 Å². The molecule has 1 aromatic heterocycles. The molecule has 4 rings (SSSR count). The standard InChI is InChI=1S/C21H20BrN3OS/c22-18-8-6-17(7-9-18)19-20(27-24-23-19)21(26)25-12-10-16(11-13-25)14-15-4-2-1-3-5-15/h1-9,16H,10-14H2. The van der Waals surface area contributed by atoms with Gasteiger partial charge in [0, 0.05) is 23.1 Å². The number of rotatable bonds is 4. The van der Waals surface area contributed by atoms with Crippen molar-refractivity contribution in [3.63, 3.8) is 0 Å². The van der Waals surface area contributed by atoms with Crippen molar-refractivity contribution < 1.29 is 4.79 Å². The molecule has 0 aliphatic carbocycles. The van der Waals surface area contributed by atoms with Crippen molar-refractivity contribution in [3.05, 3.63) is 69.5 Å². The number of carbonyl (C=O) groups is 1. The van der Waals surface area contributed by atoms with E-state index in [2.05, 4.69) is 55.8 Å². The van der Waals surface area contributed by atoms with Gasteiger partial charge in [-0.15, -0.1) is 5.10 Å². The molecule has 2 heterocycles. The molecule has 0 N–H and O–H groups in total. The highest BCUT2D eigenvalue weighted by atomic mass is 79.9. The minimum Gasteiger partial charge on any atom is -0.338 e. The predicted octanol–water partition coefficient (Wildman–Crippen LogP) is 5.06. The molecule has 1 aliphatic rings. The van der Waals surface area contributed by atoms with Crippen molar-refractivity contribution in [2.45, 2.75) is 19.3 Å². The van der Waals surface area contributed by atoms with Crippen molar-refractivity contribution in [1.82, 2.24) is 14.5 Å². The second-order valence-electron chi connectivity index (χ2n) is 6.88. The molecule has 6 heteroatoms. The number of benzene rings is 2. The van der Waals surface area contributed by atoms with Gasteiger partial charge in [0.2, 0.25) is 0 Å². The third kappa shape index (κ3) is 4.28. The smallest absolute Gasteiger partial charge is 0.267 e. The molecule has 3 aromatic rings. The van der Waals surface area contributed by atoms with Crippen molar-refractivity contribution in [1.29, 1.82) is 0 Å². The zero-order valence-corrected chi connectivity index (χ0v) is 17.2. The lowest BCUT2D eigenvalue weighted by Gasteiger charge is -2.31. The van der Waals surface area contributed by atoms with Gasteiger partial charge in [0.1, 0.15) is 10.6 Å². The van der Waals surface area contributed by atoms with Crippen LogP contribution in [-0.2, 0) is 6.42 Å². The van der Waals surface area contributed by atoms with E-state index in [0.29, 0.717) is 16.5 Å². The minimum absolute atomic E-state index is 0.0566. The van der Waals surface area contributed by atoms with Crippen LogP contribution in [0.4, 0.5) is 0 Å². The molecule has 0 bridgehead atoms. The van der Waals surface area contributed by atoms with Gasteiger partial charge in [-0.05, 0) is 54.4 Å². The average Bonchev–Trinajstić information content (AvgIpc) is 3.19. The predicted molar refractivity (Wildman–Crippen MR) is 112 cm³/mol. The fourth-order valence-electron chi connectivity index (χ4n) is 3.56. The third-order valence-electron chi connectivity index (χ3n) is 5.07. The molecular weight excluding hydrogens is 422 g/mol. The van der Waals surface area contributed by atoms with Crippen molar-refractivity contribution in [2.24, 2.45) is 5.92 Å². The van der Waals surface area contributed by atoms with E-state index >= 15 is 0 Å². The Labute approximate surface area is 171 Å². The number of nitrogens with zero attached hydrogens (tertiary/aromatic N) is 3. The molecule has 4 nitrogen and oxygen atoms in total. The number of likely N-dealkylation sites (tertiary alicyclic amines) is 1. The Morgan fingerprint density at radius 1 is 1.07 bits per heavy atom. The summed E-state index contributed by atoms with van der Waals surface area (Å²) in [6.45, 7) is 1.60. The maximum absolute atomic E-state index is 13.0. The number of hydrogen-bond donors (Lipinski definition) is 0. The van der Waals surface area contributed by atoms with Gasteiger partial charge < -0.3 is 4.90 Å². The lowest BCUT2D eigenvalue weighted by molar-refractivity contribution is 0.0696. The number of aromatic nitrogens is 2. The van der Waals surface area contributed by atoms with Crippen molar-refractivity contribution in [2.75, 3.05) is 13.1 Å². The summed E-state index contributed by atoms with van der Waals surface area (Å²) in [6.07, 6.45) is 3.18. The Bertz CT molecular complexity index is 903. The van der Waals surface area contributed by atoms with Gasteiger partial charge in [-0.3, -0.25) is 4.79 Å². The van der Waals surface area contributed by atoms with Crippen LogP contribution in [0.15, 0.2) is 59.1 Å². The average molecular weight is 442 g/mol. The molecule has 1 fully saturated rings. The maximum Gasteiger partial charge on any atom is 0.267 e. The quantitative estimate of drug-likeness (QED) is 0.567. The molecule has 1 amide bonds. The van der Waals surface area contributed by atoms with E-state index in [0.717, 1.165) is 42.4 Å². The van der Waals surface area contributed by atoms with E-state index in [1.165, 1.54) is 17.1 Å². The third-order valence-corrected chi connectivity index (χ3v) is 6.31. The molecule has 138 valence electrons. The highest BCUT2D eigenvalue weighted by molar-refractivity contribution is 9.10. The van der Waals surface area contributed by atoms with E-state index in [9.17, 15) is 4.79 Å².